The Bertz CT molecular complexity index is 591. The van der Waals surface area contributed by atoms with Crippen molar-refractivity contribution in [1.82, 2.24) is 5.32 Å². The van der Waals surface area contributed by atoms with E-state index in [9.17, 15) is 4.79 Å². The highest BCUT2D eigenvalue weighted by atomic mass is 16.5. The Morgan fingerprint density at radius 1 is 1.29 bits per heavy atom. The van der Waals surface area contributed by atoms with Gasteiger partial charge in [0.15, 0.2) is 0 Å². The average molecular weight is 289 g/mol. The molecule has 0 aliphatic heterocycles. The van der Waals surface area contributed by atoms with Gasteiger partial charge in [0.05, 0.1) is 20.0 Å². The van der Waals surface area contributed by atoms with Crippen LogP contribution in [0.15, 0.2) is 41.0 Å². The first-order valence-electron chi connectivity index (χ1n) is 6.81. The molecule has 0 saturated carbocycles. The Morgan fingerprint density at radius 2 is 2.14 bits per heavy atom. The summed E-state index contributed by atoms with van der Waals surface area (Å²) in [6.45, 7) is 3.80. The van der Waals surface area contributed by atoms with Crippen LogP contribution in [0.5, 0.6) is 5.75 Å². The first-order valence-corrected chi connectivity index (χ1v) is 6.81. The van der Waals surface area contributed by atoms with Crippen LogP contribution in [0.25, 0.3) is 0 Å². The molecule has 0 amide bonds. The second-order valence-corrected chi connectivity index (χ2v) is 4.45. The molecule has 112 valence electrons. The number of rotatable bonds is 7. The van der Waals surface area contributed by atoms with Crippen molar-refractivity contribution in [2.24, 2.45) is 0 Å². The van der Waals surface area contributed by atoms with E-state index in [0.29, 0.717) is 19.7 Å². The van der Waals surface area contributed by atoms with Crippen LogP contribution >= 0.6 is 0 Å². The molecule has 1 N–H and O–H groups in total. The van der Waals surface area contributed by atoms with E-state index >= 15 is 0 Å². The van der Waals surface area contributed by atoms with Crippen LogP contribution in [-0.4, -0.2) is 19.7 Å². The van der Waals surface area contributed by atoms with Crippen molar-refractivity contribution >= 4 is 5.97 Å². The van der Waals surface area contributed by atoms with E-state index in [1.807, 2.05) is 31.2 Å². The number of esters is 1. The van der Waals surface area contributed by atoms with E-state index in [-0.39, 0.29) is 5.76 Å². The number of hydrogen-bond donors (Lipinski definition) is 1. The van der Waals surface area contributed by atoms with Crippen LogP contribution in [-0.2, 0) is 17.8 Å². The molecular weight excluding hydrogens is 270 g/mol. The summed E-state index contributed by atoms with van der Waals surface area (Å²) in [5.41, 5.74) is 1.90. The van der Waals surface area contributed by atoms with Crippen LogP contribution in [0.2, 0.25) is 0 Å². The lowest BCUT2D eigenvalue weighted by molar-refractivity contribution is 0.0563. The number of carbonyl (C=O) groups is 1. The molecule has 0 unspecified atom stereocenters. The predicted molar refractivity (Wildman–Crippen MR) is 78.2 cm³/mol. The third-order valence-corrected chi connectivity index (χ3v) is 2.97. The third-order valence-electron chi connectivity index (χ3n) is 2.97. The Labute approximate surface area is 123 Å². The second kappa shape index (κ2) is 7.50. The van der Waals surface area contributed by atoms with Crippen molar-refractivity contribution in [1.29, 1.82) is 0 Å². The predicted octanol–water partition coefficient (Wildman–Crippen LogP) is 2.75. The first-order chi connectivity index (χ1) is 10.2. The van der Waals surface area contributed by atoms with Gasteiger partial charge in [-0.3, -0.25) is 0 Å². The molecule has 0 spiro atoms. The maximum atomic E-state index is 11.5. The van der Waals surface area contributed by atoms with E-state index in [2.05, 4.69) is 10.1 Å². The topological polar surface area (TPSA) is 60.7 Å². The maximum Gasteiger partial charge on any atom is 0.374 e. The summed E-state index contributed by atoms with van der Waals surface area (Å²) in [7, 11) is 1.33. The zero-order valence-electron chi connectivity index (χ0n) is 12.2. The molecule has 0 aliphatic rings. The minimum atomic E-state index is -0.463. The van der Waals surface area contributed by atoms with Gasteiger partial charge in [0.25, 0.3) is 0 Å². The van der Waals surface area contributed by atoms with Crippen molar-refractivity contribution in [3.05, 3.63) is 53.5 Å². The van der Waals surface area contributed by atoms with Crippen molar-refractivity contribution < 1.29 is 18.7 Å². The largest absolute Gasteiger partial charge is 0.494 e. The lowest BCUT2D eigenvalue weighted by Gasteiger charge is -2.07. The molecule has 1 aromatic carbocycles. The van der Waals surface area contributed by atoms with Crippen molar-refractivity contribution in [3.8, 4) is 5.75 Å². The molecule has 21 heavy (non-hydrogen) atoms. The van der Waals surface area contributed by atoms with Crippen molar-refractivity contribution in [2.75, 3.05) is 13.7 Å². The fourth-order valence-electron chi connectivity index (χ4n) is 2.00. The second-order valence-electron chi connectivity index (χ2n) is 4.45. The number of hydrogen-bond acceptors (Lipinski definition) is 5. The van der Waals surface area contributed by atoms with Crippen molar-refractivity contribution in [3.63, 3.8) is 0 Å². The molecule has 0 saturated heterocycles. The van der Waals surface area contributed by atoms with Gasteiger partial charge < -0.3 is 19.2 Å². The number of benzene rings is 1. The van der Waals surface area contributed by atoms with E-state index in [4.69, 9.17) is 9.15 Å². The molecule has 5 nitrogen and oxygen atoms in total. The van der Waals surface area contributed by atoms with Crippen LogP contribution in [0.1, 0.15) is 28.6 Å². The standard InChI is InChI=1S/C16H19NO4/c1-3-20-14-6-4-5-12(9-14)10-17-11-13-7-8-21-15(13)16(18)19-2/h4-9,17H,3,10-11H2,1-2H3. The Hall–Kier alpha value is -2.27. The number of methoxy groups -OCH3 is 1. The van der Waals surface area contributed by atoms with Gasteiger partial charge in [-0.15, -0.1) is 0 Å². The summed E-state index contributed by atoms with van der Waals surface area (Å²) < 4.78 is 15.3. The van der Waals surface area contributed by atoms with E-state index in [1.54, 1.807) is 6.07 Å². The van der Waals surface area contributed by atoms with Gasteiger partial charge in [0.2, 0.25) is 5.76 Å². The fourth-order valence-corrected chi connectivity index (χ4v) is 2.00. The van der Waals surface area contributed by atoms with Gasteiger partial charge in [-0.2, -0.15) is 0 Å². The van der Waals surface area contributed by atoms with Gasteiger partial charge in [0, 0.05) is 18.7 Å². The van der Waals surface area contributed by atoms with Crippen LogP contribution < -0.4 is 10.1 Å². The zero-order valence-corrected chi connectivity index (χ0v) is 12.2. The summed E-state index contributed by atoms with van der Waals surface area (Å²) in [4.78, 5) is 11.5. The van der Waals surface area contributed by atoms with Gasteiger partial charge in [-0.05, 0) is 30.7 Å². The van der Waals surface area contributed by atoms with Crippen LogP contribution in [0.4, 0.5) is 0 Å². The van der Waals surface area contributed by atoms with Crippen LogP contribution in [0, 0.1) is 0 Å². The molecule has 5 heteroatoms. The maximum absolute atomic E-state index is 11.5. The number of ether oxygens (including phenoxy) is 2. The molecular formula is C16H19NO4. The molecule has 2 aromatic rings. The van der Waals surface area contributed by atoms with Crippen molar-refractivity contribution in [2.45, 2.75) is 20.0 Å². The van der Waals surface area contributed by atoms with E-state index < -0.39 is 5.97 Å². The number of carbonyl (C=O) groups excluding carboxylic acids is 1. The highest BCUT2D eigenvalue weighted by molar-refractivity contribution is 5.87. The smallest absolute Gasteiger partial charge is 0.374 e. The number of nitrogens with one attached hydrogen (secondary N) is 1. The van der Waals surface area contributed by atoms with E-state index in [1.165, 1.54) is 13.4 Å². The zero-order chi connectivity index (χ0) is 15.1. The number of furan rings is 1. The molecule has 0 fully saturated rings. The molecule has 1 heterocycles. The summed E-state index contributed by atoms with van der Waals surface area (Å²) in [5, 5.41) is 3.27. The summed E-state index contributed by atoms with van der Waals surface area (Å²) in [5.74, 6) is 0.638. The van der Waals surface area contributed by atoms with E-state index in [0.717, 1.165) is 16.9 Å². The average Bonchev–Trinajstić information content (AvgIpc) is 2.96. The van der Waals surface area contributed by atoms with Gasteiger partial charge in [-0.25, -0.2) is 4.79 Å². The Kier molecular flexibility index (Phi) is 5.40. The molecule has 2 rings (SSSR count). The van der Waals surface area contributed by atoms with Gasteiger partial charge in [-0.1, -0.05) is 12.1 Å². The summed E-state index contributed by atoms with van der Waals surface area (Å²) >= 11 is 0. The monoisotopic (exact) mass is 289 g/mol. The Balaban J connectivity index is 1.91. The lowest BCUT2D eigenvalue weighted by atomic mass is 10.2. The lowest BCUT2D eigenvalue weighted by Crippen LogP contribution is -2.14. The summed E-state index contributed by atoms with van der Waals surface area (Å²) in [6.07, 6.45) is 1.49. The third kappa shape index (κ3) is 4.10. The molecule has 1 aromatic heterocycles. The fraction of sp³-hybridized carbons (Fsp3) is 0.312. The van der Waals surface area contributed by atoms with Crippen LogP contribution in [0.3, 0.4) is 0 Å². The van der Waals surface area contributed by atoms with Gasteiger partial charge in [0.1, 0.15) is 5.75 Å². The highest BCUT2D eigenvalue weighted by Crippen LogP contribution is 2.14. The highest BCUT2D eigenvalue weighted by Gasteiger charge is 2.15. The molecule has 0 aliphatic carbocycles. The first kappa shape index (κ1) is 15.1. The van der Waals surface area contributed by atoms with Gasteiger partial charge >= 0.3 is 5.97 Å². The SMILES string of the molecule is CCOc1cccc(CNCc2ccoc2C(=O)OC)c1. The molecule has 0 radical (unpaired) electrons. The Morgan fingerprint density at radius 3 is 2.90 bits per heavy atom. The normalized spacial score (nSPS) is 10.4. The summed E-state index contributed by atoms with van der Waals surface area (Å²) in [6, 6.07) is 9.66. The molecule has 0 atom stereocenters. The minimum absolute atomic E-state index is 0.244. The molecule has 0 bridgehead atoms. The quantitative estimate of drug-likeness (QED) is 0.794. The minimum Gasteiger partial charge on any atom is -0.494 e.